The Kier molecular flexibility index (Phi) is 4.02. The maximum atomic E-state index is 3.89. The highest BCUT2D eigenvalue weighted by Crippen LogP contribution is 2.37. The second-order valence-electron chi connectivity index (χ2n) is 5.43. The summed E-state index contributed by atoms with van der Waals surface area (Å²) in [7, 11) is 0. The van der Waals surface area contributed by atoms with E-state index < -0.39 is 0 Å². The molecule has 3 rings (SSSR count). The van der Waals surface area contributed by atoms with Crippen LogP contribution in [0.3, 0.4) is 0 Å². The zero-order chi connectivity index (χ0) is 12.5. The largest absolute Gasteiger partial charge is 0.307 e. The summed E-state index contributed by atoms with van der Waals surface area (Å²) in [4.78, 5) is 0. The summed E-state index contributed by atoms with van der Waals surface area (Å²) < 4.78 is 1.29. The minimum absolute atomic E-state index is 0.586. The molecule has 3 heteroatoms. The predicted molar refractivity (Wildman–Crippen MR) is 83.3 cm³/mol. The molecule has 0 radical (unpaired) electrons. The third kappa shape index (κ3) is 2.50. The van der Waals surface area contributed by atoms with E-state index in [4.69, 9.17) is 0 Å². The zero-order valence-electron chi connectivity index (χ0n) is 10.8. The summed E-state index contributed by atoms with van der Waals surface area (Å²) >= 11 is 5.71. The Bertz CT molecular complexity index is 435. The topological polar surface area (TPSA) is 12.0 Å². The predicted octanol–water partition coefficient (Wildman–Crippen LogP) is 4.31. The van der Waals surface area contributed by atoms with Crippen molar-refractivity contribution in [2.45, 2.75) is 49.4 Å². The lowest BCUT2D eigenvalue weighted by Crippen LogP contribution is -2.30. The molecule has 1 N–H and O–H groups in total. The van der Waals surface area contributed by atoms with Gasteiger partial charge in [-0.25, -0.2) is 0 Å². The molecule has 98 valence electrons. The number of halogens is 1. The van der Waals surface area contributed by atoms with Crippen molar-refractivity contribution < 1.29 is 0 Å². The Morgan fingerprint density at radius 1 is 1.28 bits per heavy atom. The molecular weight excluding hydrogens is 306 g/mol. The van der Waals surface area contributed by atoms with Gasteiger partial charge in [0.1, 0.15) is 0 Å². The van der Waals surface area contributed by atoms with Crippen LogP contribution in [0.2, 0.25) is 0 Å². The van der Waals surface area contributed by atoms with Gasteiger partial charge in [-0.1, -0.05) is 28.1 Å². The second kappa shape index (κ2) is 5.56. The van der Waals surface area contributed by atoms with E-state index in [1.54, 1.807) is 0 Å². The molecule has 1 aromatic carbocycles. The molecule has 0 heterocycles. The highest BCUT2D eigenvalue weighted by Gasteiger charge is 2.29. The smallest absolute Gasteiger partial charge is 0.0328 e. The molecule has 1 saturated carbocycles. The van der Waals surface area contributed by atoms with E-state index in [2.05, 4.69) is 45.7 Å². The molecule has 0 bridgehead atoms. The summed E-state index contributed by atoms with van der Waals surface area (Å²) in [5.74, 6) is 0. The average Bonchev–Trinajstić information content (AvgIpc) is 2.98. The first-order chi connectivity index (χ1) is 8.78. The van der Waals surface area contributed by atoms with E-state index in [0.29, 0.717) is 6.04 Å². The van der Waals surface area contributed by atoms with Crippen LogP contribution in [0, 0.1) is 0 Å². The first-order valence-electron chi connectivity index (χ1n) is 6.84. The van der Waals surface area contributed by atoms with Crippen molar-refractivity contribution in [1.82, 2.24) is 5.32 Å². The van der Waals surface area contributed by atoms with Gasteiger partial charge in [-0.15, -0.1) is 0 Å². The molecule has 2 aliphatic rings. The van der Waals surface area contributed by atoms with Crippen LogP contribution in [0.15, 0.2) is 22.7 Å². The molecule has 1 aromatic rings. The molecule has 3 unspecified atom stereocenters. The first-order valence-corrected chi connectivity index (χ1v) is 8.92. The lowest BCUT2D eigenvalue weighted by atomic mass is 10.1. The van der Waals surface area contributed by atoms with Crippen LogP contribution in [0.5, 0.6) is 0 Å². The van der Waals surface area contributed by atoms with Crippen molar-refractivity contribution in [3.8, 4) is 0 Å². The molecule has 18 heavy (non-hydrogen) atoms. The second-order valence-corrected chi connectivity index (χ2v) is 7.43. The molecule has 0 spiro atoms. The first kappa shape index (κ1) is 13.0. The number of nitrogens with one attached hydrogen (secondary N) is 1. The van der Waals surface area contributed by atoms with Gasteiger partial charge >= 0.3 is 0 Å². The van der Waals surface area contributed by atoms with Crippen molar-refractivity contribution in [3.05, 3.63) is 33.8 Å². The fourth-order valence-corrected chi connectivity index (χ4v) is 4.75. The van der Waals surface area contributed by atoms with Crippen LogP contribution in [-0.4, -0.2) is 17.5 Å². The number of hydrogen-bond acceptors (Lipinski definition) is 2. The van der Waals surface area contributed by atoms with Gasteiger partial charge in [-0.3, -0.25) is 0 Å². The standard InChI is InChI=1S/C15H20BrNS/c1-18-11-6-5-10(9-11)17-15-8-7-12-13(15)3-2-4-14(12)16/h2-4,10-11,15,17H,5-9H2,1H3. The summed E-state index contributed by atoms with van der Waals surface area (Å²) in [5, 5.41) is 4.77. The quantitative estimate of drug-likeness (QED) is 0.888. The Morgan fingerprint density at radius 2 is 2.17 bits per heavy atom. The van der Waals surface area contributed by atoms with Crippen molar-refractivity contribution in [2.75, 3.05) is 6.26 Å². The van der Waals surface area contributed by atoms with E-state index in [1.165, 1.54) is 47.7 Å². The van der Waals surface area contributed by atoms with Gasteiger partial charge in [-0.05, 0) is 55.6 Å². The van der Waals surface area contributed by atoms with Gasteiger partial charge in [0.25, 0.3) is 0 Å². The van der Waals surface area contributed by atoms with Crippen LogP contribution in [0.4, 0.5) is 0 Å². The number of fused-ring (bicyclic) bond motifs is 1. The molecule has 3 atom stereocenters. The average molecular weight is 326 g/mol. The van der Waals surface area contributed by atoms with Crippen molar-refractivity contribution in [3.63, 3.8) is 0 Å². The van der Waals surface area contributed by atoms with Crippen LogP contribution in [-0.2, 0) is 6.42 Å². The maximum absolute atomic E-state index is 3.89. The molecule has 0 aromatic heterocycles. The van der Waals surface area contributed by atoms with Gasteiger partial charge in [-0.2, -0.15) is 11.8 Å². The molecule has 1 fully saturated rings. The molecule has 0 aliphatic heterocycles. The van der Waals surface area contributed by atoms with Crippen molar-refractivity contribution in [1.29, 1.82) is 0 Å². The van der Waals surface area contributed by atoms with E-state index in [1.807, 2.05) is 11.8 Å². The van der Waals surface area contributed by atoms with Crippen LogP contribution < -0.4 is 5.32 Å². The highest BCUT2D eigenvalue weighted by molar-refractivity contribution is 9.10. The van der Waals surface area contributed by atoms with Crippen LogP contribution >= 0.6 is 27.7 Å². The molecule has 2 aliphatic carbocycles. The minimum Gasteiger partial charge on any atom is -0.307 e. The maximum Gasteiger partial charge on any atom is 0.0328 e. The zero-order valence-corrected chi connectivity index (χ0v) is 13.2. The number of rotatable bonds is 3. The summed E-state index contributed by atoms with van der Waals surface area (Å²) in [5.41, 5.74) is 3.05. The normalized spacial score (nSPS) is 30.7. The monoisotopic (exact) mass is 325 g/mol. The fourth-order valence-electron chi connectivity index (χ4n) is 3.37. The van der Waals surface area contributed by atoms with Gasteiger partial charge in [0.2, 0.25) is 0 Å². The van der Waals surface area contributed by atoms with Gasteiger partial charge in [0.05, 0.1) is 0 Å². The molecule has 0 saturated heterocycles. The van der Waals surface area contributed by atoms with Gasteiger partial charge in [0.15, 0.2) is 0 Å². The number of hydrogen-bond donors (Lipinski definition) is 1. The molecule has 0 amide bonds. The van der Waals surface area contributed by atoms with Gasteiger partial charge < -0.3 is 5.32 Å². The molecular formula is C15H20BrNS. The van der Waals surface area contributed by atoms with E-state index in [0.717, 1.165) is 11.3 Å². The fraction of sp³-hybridized carbons (Fsp3) is 0.600. The van der Waals surface area contributed by atoms with E-state index in [9.17, 15) is 0 Å². The minimum atomic E-state index is 0.586. The Balaban J connectivity index is 1.68. The Morgan fingerprint density at radius 3 is 2.94 bits per heavy atom. The Hall–Kier alpha value is 0.0100. The molecule has 1 nitrogen and oxygen atoms in total. The third-order valence-corrected chi connectivity index (χ3v) is 6.21. The van der Waals surface area contributed by atoms with Crippen molar-refractivity contribution >= 4 is 27.7 Å². The van der Waals surface area contributed by atoms with E-state index in [-0.39, 0.29) is 0 Å². The van der Waals surface area contributed by atoms with Crippen LogP contribution in [0.1, 0.15) is 42.9 Å². The van der Waals surface area contributed by atoms with Crippen molar-refractivity contribution in [2.24, 2.45) is 0 Å². The van der Waals surface area contributed by atoms with E-state index >= 15 is 0 Å². The SMILES string of the molecule is CSC1CCC(NC2CCc3c(Br)cccc32)C1. The number of benzene rings is 1. The number of thioether (sulfide) groups is 1. The Labute approximate surface area is 122 Å². The van der Waals surface area contributed by atoms with Gasteiger partial charge in [0, 0.05) is 21.8 Å². The summed E-state index contributed by atoms with van der Waals surface area (Å²) in [6, 6.07) is 7.95. The lowest BCUT2D eigenvalue weighted by molar-refractivity contribution is 0.438. The van der Waals surface area contributed by atoms with Crippen LogP contribution in [0.25, 0.3) is 0 Å². The summed E-state index contributed by atoms with van der Waals surface area (Å²) in [6.45, 7) is 0. The lowest BCUT2D eigenvalue weighted by Gasteiger charge is -2.20. The third-order valence-electron chi connectivity index (χ3n) is 4.37. The summed E-state index contributed by atoms with van der Waals surface area (Å²) in [6.07, 6.45) is 8.81. The highest BCUT2D eigenvalue weighted by atomic mass is 79.9.